The summed E-state index contributed by atoms with van der Waals surface area (Å²) in [6.07, 6.45) is 2.33. The molecule has 0 aliphatic rings. The fourth-order valence-electron chi connectivity index (χ4n) is 1.96. The molecule has 1 rings (SSSR count). The summed E-state index contributed by atoms with van der Waals surface area (Å²) in [5.41, 5.74) is 1.43. The monoisotopic (exact) mass is 251 g/mol. The van der Waals surface area contributed by atoms with E-state index in [1.165, 1.54) is 23.5 Å². The zero-order valence-electron chi connectivity index (χ0n) is 11.3. The van der Waals surface area contributed by atoms with Gasteiger partial charge in [-0.15, -0.1) is 0 Å². The van der Waals surface area contributed by atoms with Crippen LogP contribution < -0.4 is 5.32 Å². The van der Waals surface area contributed by atoms with Gasteiger partial charge in [0.05, 0.1) is 0 Å². The van der Waals surface area contributed by atoms with Gasteiger partial charge >= 0.3 is 0 Å². The molecule has 17 heavy (non-hydrogen) atoms. The van der Waals surface area contributed by atoms with Crippen molar-refractivity contribution in [2.75, 3.05) is 11.5 Å². The van der Waals surface area contributed by atoms with Crippen LogP contribution >= 0.6 is 11.8 Å². The maximum atomic E-state index is 3.73. The third-order valence-electron chi connectivity index (χ3n) is 2.91. The number of hydrogen-bond donors (Lipinski definition) is 1. The molecule has 1 N–H and O–H groups in total. The first-order valence-corrected chi connectivity index (χ1v) is 7.79. The first-order chi connectivity index (χ1) is 8.26. The Balaban J connectivity index is 2.38. The van der Waals surface area contributed by atoms with E-state index in [4.69, 9.17) is 0 Å². The zero-order chi connectivity index (χ0) is 12.5. The van der Waals surface area contributed by atoms with Crippen LogP contribution in [0.15, 0.2) is 30.3 Å². The van der Waals surface area contributed by atoms with E-state index in [2.05, 4.69) is 56.4 Å². The maximum Gasteiger partial charge on any atom is 0.0132 e. The highest BCUT2D eigenvalue weighted by Crippen LogP contribution is 2.08. The lowest BCUT2D eigenvalue weighted by Gasteiger charge is -2.22. The van der Waals surface area contributed by atoms with Crippen LogP contribution in [0.3, 0.4) is 0 Å². The molecule has 2 atom stereocenters. The molecule has 0 fully saturated rings. The highest BCUT2D eigenvalue weighted by molar-refractivity contribution is 7.99. The largest absolute Gasteiger partial charge is 0.310 e. The average Bonchev–Trinajstić information content (AvgIpc) is 2.36. The molecule has 0 saturated heterocycles. The van der Waals surface area contributed by atoms with Gasteiger partial charge < -0.3 is 5.32 Å². The minimum Gasteiger partial charge on any atom is -0.310 e. The predicted molar refractivity (Wildman–Crippen MR) is 79.8 cm³/mol. The lowest BCUT2D eigenvalue weighted by molar-refractivity contribution is 0.452. The number of nitrogens with one attached hydrogen (secondary N) is 1. The van der Waals surface area contributed by atoms with Gasteiger partial charge in [0.2, 0.25) is 0 Å². The minimum atomic E-state index is 0.602. The van der Waals surface area contributed by atoms with Crippen molar-refractivity contribution in [2.45, 2.75) is 45.7 Å². The van der Waals surface area contributed by atoms with Crippen LogP contribution in [-0.2, 0) is 6.42 Å². The molecule has 0 saturated carbocycles. The van der Waals surface area contributed by atoms with Crippen molar-refractivity contribution in [3.8, 4) is 0 Å². The molecule has 0 spiro atoms. The number of thioether (sulfide) groups is 1. The van der Waals surface area contributed by atoms with Gasteiger partial charge in [-0.25, -0.2) is 0 Å². The van der Waals surface area contributed by atoms with E-state index in [0.717, 1.165) is 6.42 Å². The predicted octanol–water partition coefficient (Wildman–Crippen LogP) is 3.74. The molecule has 0 aliphatic carbocycles. The second-order valence-corrected chi connectivity index (χ2v) is 5.84. The minimum absolute atomic E-state index is 0.602. The van der Waals surface area contributed by atoms with Crippen molar-refractivity contribution in [3.05, 3.63) is 35.9 Å². The summed E-state index contributed by atoms with van der Waals surface area (Å²) in [7, 11) is 0. The van der Waals surface area contributed by atoms with Gasteiger partial charge in [0.15, 0.2) is 0 Å². The van der Waals surface area contributed by atoms with E-state index in [0.29, 0.717) is 12.1 Å². The quantitative estimate of drug-likeness (QED) is 0.755. The Bertz CT molecular complexity index is 286. The molecule has 0 heterocycles. The number of rotatable bonds is 8. The van der Waals surface area contributed by atoms with E-state index in [1.54, 1.807) is 0 Å². The van der Waals surface area contributed by atoms with Crippen molar-refractivity contribution in [2.24, 2.45) is 0 Å². The van der Waals surface area contributed by atoms with Crippen LogP contribution in [0.2, 0.25) is 0 Å². The Labute approximate surface area is 110 Å². The Morgan fingerprint density at radius 3 is 2.47 bits per heavy atom. The van der Waals surface area contributed by atoms with Crippen LogP contribution in [0.1, 0.15) is 32.8 Å². The van der Waals surface area contributed by atoms with Gasteiger partial charge in [-0.3, -0.25) is 0 Å². The van der Waals surface area contributed by atoms with Crippen LogP contribution in [-0.4, -0.2) is 23.6 Å². The Kier molecular flexibility index (Phi) is 7.38. The molecular weight excluding hydrogens is 226 g/mol. The lowest BCUT2D eigenvalue weighted by atomic mass is 10.0. The molecule has 2 heteroatoms. The Hall–Kier alpha value is -0.470. The van der Waals surface area contributed by atoms with Crippen molar-refractivity contribution in [1.82, 2.24) is 5.32 Å². The first kappa shape index (κ1) is 14.6. The van der Waals surface area contributed by atoms with Gasteiger partial charge in [0.1, 0.15) is 0 Å². The van der Waals surface area contributed by atoms with Gasteiger partial charge in [0, 0.05) is 17.8 Å². The molecular formula is C15H25NS. The highest BCUT2D eigenvalue weighted by atomic mass is 32.2. The average molecular weight is 251 g/mol. The number of benzene rings is 1. The Morgan fingerprint density at radius 2 is 1.88 bits per heavy atom. The van der Waals surface area contributed by atoms with E-state index < -0.39 is 0 Å². The van der Waals surface area contributed by atoms with Crippen molar-refractivity contribution >= 4 is 11.8 Å². The second-order valence-electron chi connectivity index (χ2n) is 4.52. The zero-order valence-corrected chi connectivity index (χ0v) is 12.1. The van der Waals surface area contributed by atoms with E-state index in [-0.39, 0.29) is 0 Å². The fraction of sp³-hybridized carbons (Fsp3) is 0.600. The Morgan fingerprint density at radius 1 is 1.18 bits per heavy atom. The smallest absolute Gasteiger partial charge is 0.0132 e. The van der Waals surface area contributed by atoms with Crippen LogP contribution in [0.4, 0.5) is 0 Å². The van der Waals surface area contributed by atoms with Gasteiger partial charge in [-0.1, -0.05) is 44.2 Å². The molecule has 1 aromatic carbocycles. The summed E-state index contributed by atoms with van der Waals surface area (Å²) in [6.45, 7) is 6.77. The van der Waals surface area contributed by atoms with E-state index in [1.807, 2.05) is 11.8 Å². The van der Waals surface area contributed by atoms with E-state index >= 15 is 0 Å². The molecule has 0 radical (unpaired) electrons. The fourth-order valence-corrected chi connectivity index (χ4v) is 2.65. The summed E-state index contributed by atoms with van der Waals surface area (Å²) >= 11 is 2.01. The number of hydrogen-bond acceptors (Lipinski definition) is 2. The summed E-state index contributed by atoms with van der Waals surface area (Å²) in [5, 5.41) is 3.73. The third-order valence-corrected chi connectivity index (χ3v) is 4.05. The normalized spacial score (nSPS) is 14.5. The standard InChI is InChI=1S/C15H25NS/c1-4-15(16-13(3)12-17-5-2)11-14-9-7-6-8-10-14/h6-10,13,15-16H,4-5,11-12H2,1-3H3. The molecule has 96 valence electrons. The summed E-state index contributed by atoms with van der Waals surface area (Å²) in [6, 6.07) is 12.0. The summed E-state index contributed by atoms with van der Waals surface area (Å²) in [5.74, 6) is 2.42. The van der Waals surface area contributed by atoms with Gasteiger partial charge in [-0.05, 0) is 31.1 Å². The SMILES string of the molecule is CCSCC(C)NC(CC)Cc1ccccc1. The molecule has 2 unspecified atom stereocenters. The molecule has 0 aromatic heterocycles. The topological polar surface area (TPSA) is 12.0 Å². The van der Waals surface area contributed by atoms with E-state index in [9.17, 15) is 0 Å². The van der Waals surface area contributed by atoms with Gasteiger partial charge in [-0.2, -0.15) is 11.8 Å². The lowest BCUT2D eigenvalue weighted by Crippen LogP contribution is -2.39. The molecule has 0 bridgehead atoms. The van der Waals surface area contributed by atoms with Crippen molar-refractivity contribution in [1.29, 1.82) is 0 Å². The van der Waals surface area contributed by atoms with Crippen molar-refractivity contribution in [3.63, 3.8) is 0 Å². The summed E-state index contributed by atoms with van der Waals surface area (Å²) < 4.78 is 0. The highest BCUT2D eigenvalue weighted by Gasteiger charge is 2.10. The van der Waals surface area contributed by atoms with Crippen LogP contribution in [0, 0.1) is 0 Å². The van der Waals surface area contributed by atoms with Crippen molar-refractivity contribution < 1.29 is 0 Å². The summed E-state index contributed by atoms with van der Waals surface area (Å²) in [4.78, 5) is 0. The maximum absolute atomic E-state index is 3.73. The second kappa shape index (κ2) is 8.60. The third kappa shape index (κ3) is 6.13. The molecule has 0 amide bonds. The molecule has 1 nitrogen and oxygen atoms in total. The van der Waals surface area contributed by atoms with Crippen LogP contribution in [0.25, 0.3) is 0 Å². The molecule has 1 aromatic rings. The first-order valence-electron chi connectivity index (χ1n) is 6.64. The van der Waals surface area contributed by atoms with Crippen LogP contribution in [0.5, 0.6) is 0 Å². The van der Waals surface area contributed by atoms with Gasteiger partial charge in [0.25, 0.3) is 0 Å². The molecule has 0 aliphatic heterocycles.